The van der Waals surface area contributed by atoms with Crippen molar-refractivity contribution >= 4 is 34.5 Å². The summed E-state index contributed by atoms with van der Waals surface area (Å²) in [5, 5.41) is 4.89. The van der Waals surface area contributed by atoms with E-state index >= 15 is 0 Å². The lowest BCUT2D eigenvalue weighted by molar-refractivity contribution is 0.532. The van der Waals surface area contributed by atoms with Gasteiger partial charge in [-0.25, -0.2) is 0 Å². The van der Waals surface area contributed by atoms with E-state index < -0.39 is 0 Å². The van der Waals surface area contributed by atoms with Gasteiger partial charge >= 0.3 is 0 Å². The van der Waals surface area contributed by atoms with Gasteiger partial charge in [0.15, 0.2) is 0 Å². The van der Waals surface area contributed by atoms with E-state index in [1.165, 1.54) is 4.88 Å². The smallest absolute Gasteiger partial charge is 0.0794 e. The Morgan fingerprint density at radius 2 is 2.00 bits per heavy atom. The summed E-state index contributed by atoms with van der Waals surface area (Å²) in [5.74, 6) is 0. The molecule has 2 aromatic rings. The van der Waals surface area contributed by atoms with Gasteiger partial charge in [-0.1, -0.05) is 30.1 Å². The van der Waals surface area contributed by atoms with Crippen LogP contribution in [-0.2, 0) is 6.42 Å². The van der Waals surface area contributed by atoms with Crippen LogP contribution in [0.3, 0.4) is 0 Å². The molecular weight excluding hydrogens is 299 g/mol. The van der Waals surface area contributed by atoms with Crippen LogP contribution in [0, 0.1) is 0 Å². The molecule has 0 spiro atoms. The van der Waals surface area contributed by atoms with Crippen LogP contribution in [0.2, 0.25) is 10.0 Å². The van der Waals surface area contributed by atoms with Gasteiger partial charge in [-0.05, 0) is 36.7 Å². The molecule has 1 aromatic heterocycles. The molecule has 0 bridgehead atoms. The van der Waals surface area contributed by atoms with Gasteiger partial charge in [-0.15, -0.1) is 11.3 Å². The van der Waals surface area contributed by atoms with Crippen LogP contribution in [0.1, 0.15) is 29.8 Å². The van der Waals surface area contributed by atoms with Crippen molar-refractivity contribution in [3.63, 3.8) is 0 Å². The third kappa shape index (κ3) is 4.46. The van der Waals surface area contributed by atoms with E-state index in [-0.39, 0.29) is 6.04 Å². The maximum Gasteiger partial charge on any atom is 0.0794 e. The Morgan fingerprint density at radius 3 is 2.58 bits per heavy atom. The first kappa shape index (κ1) is 14.8. The van der Waals surface area contributed by atoms with E-state index in [2.05, 4.69) is 17.2 Å². The quantitative estimate of drug-likeness (QED) is 0.833. The molecule has 2 rings (SSSR count). The zero-order valence-electron chi connectivity index (χ0n) is 10.7. The number of thiazole rings is 1. The molecule has 0 saturated heterocycles. The molecular formula is C14H16Cl2N2S. The van der Waals surface area contributed by atoms with Gasteiger partial charge in [0.05, 0.1) is 5.51 Å². The van der Waals surface area contributed by atoms with Crippen LogP contribution < -0.4 is 5.32 Å². The predicted molar refractivity (Wildman–Crippen MR) is 83.3 cm³/mol. The van der Waals surface area contributed by atoms with Crippen molar-refractivity contribution in [1.82, 2.24) is 10.3 Å². The first-order valence-corrected chi connectivity index (χ1v) is 7.89. The molecule has 0 aliphatic rings. The van der Waals surface area contributed by atoms with Crippen LogP contribution in [0.5, 0.6) is 0 Å². The van der Waals surface area contributed by atoms with E-state index in [0.29, 0.717) is 10.0 Å². The Hall–Kier alpha value is -0.610. The number of hydrogen-bond acceptors (Lipinski definition) is 3. The molecule has 1 N–H and O–H groups in total. The zero-order chi connectivity index (χ0) is 13.7. The fourth-order valence-electron chi connectivity index (χ4n) is 1.95. The molecule has 1 aromatic carbocycles. The number of rotatable bonds is 6. The standard InChI is InChI=1S/C14H16Cl2N2S/c1-2-3-18-14(7-13-8-17-9-19-13)10-4-11(15)6-12(16)5-10/h4-6,8-9,14,18H,2-3,7H2,1H3. The Balaban J connectivity index is 2.20. The van der Waals surface area contributed by atoms with Crippen molar-refractivity contribution in [2.45, 2.75) is 25.8 Å². The van der Waals surface area contributed by atoms with Crippen molar-refractivity contribution in [2.75, 3.05) is 6.54 Å². The second-order valence-corrected chi connectivity index (χ2v) is 6.23. The molecule has 19 heavy (non-hydrogen) atoms. The van der Waals surface area contributed by atoms with Gasteiger partial charge in [0.25, 0.3) is 0 Å². The van der Waals surface area contributed by atoms with Crippen LogP contribution in [0.15, 0.2) is 29.9 Å². The summed E-state index contributed by atoms with van der Waals surface area (Å²) < 4.78 is 0. The number of hydrogen-bond donors (Lipinski definition) is 1. The molecule has 102 valence electrons. The Morgan fingerprint density at radius 1 is 1.26 bits per heavy atom. The minimum absolute atomic E-state index is 0.219. The van der Waals surface area contributed by atoms with E-state index in [4.69, 9.17) is 23.2 Å². The van der Waals surface area contributed by atoms with Crippen molar-refractivity contribution in [2.24, 2.45) is 0 Å². The average Bonchev–Trinajstić information content (AvgIpc) is 2.86. The van der Waals surface area contributed by atoms with Gasteiger partial charge in [-0.2, -0.15) is 0 Å². The lowest BCUT2D eigenvalue weighted by Gasteiger charge is -2.19. The highest BCUT2D eigenvalue weighted by atomic mass is 35.5. The van der Waals surface area contributed by atoms with E-state index in [1.807, 2.05) is 23.8 Å². The second-order valence-electron chi connectivity index (χ2n) is 4.38. The number of aromatic nitrogens is 1. The largest absolute Gasteiger partial charge is 0.310 e. The SMILES string of the molecule is CCCNC(Cc1cncs1)c1cc(Cl)cc(Cl)c1. The zero-order valence-corrected chi connectivity index (χ0v) is 13.0. The Labute approximate surface area is 127 Å². The number of nitrogens with one attached hydrogen (secondary N) is 1. The molecule has 0 saturated carbocycles. The van der Waals surface area contributed by atoms with Gasteiger partial charge in [-0.3, -0.25) is 4.98 Å². The first-order valence-electron chi connectivity index (χ1n) is 6.25. The van der Waals surface area contributed by atoms with E-state index in [0.717, 1.165) is 24.9 Å². The molecule has 1 unspecified atom stereocenters. The van der Waals surface area contributed by atoms with Crippen molar-refractivity contribution in [1.29, 1.82) is 0 Å². The third-order valence-electron chi connectivity index (χ3n) is 2.82. The van der Waals surface area contributed by atoms with Crippen LogP contribution in [0.25, 0.3) is 0 Å². The molecule has 0 aliphatic carbocycles. The van der Waals surface area contributed by atoms with Crippen LogP contribution in [0.4, 0.5) is 0 Å². The van der Waals surface area contributed by atoms with Crippen molar-refractivity contribution in [3.8, 4) is 0 Å². The highest BCUT2D eigenvalue weighted by molar-refractivity contribution is 7.09. The van der Waals surface area contributed by atoms with Crippen LogP contribution >= 0.6 is 34.5 Å². The molecule has 2 nitrogen and oxygen atoms in total. The summed E-state index contributed by atoms with van der Waals surface area (Å²) >= 11 is 13.8. The number of nitrogens with zero attached hydrogens (tertiary/aromatic N) is 1. The molecule has 0 fully saturated rings. The maximum atomic E-state index is 6.09. The van der Waals surface area contributed by atoms with E-state index in [9.17, 15) is 0 Å². The summed E-state index contributed by atoms with van der Waals surface area (Å²) in [6.07, 6.45) is 3.91. The first-order chi connectivity index (χ1) is 9.19. The minimum Gasteiger partial charge on any atom is -0.310 e. The minimum atomic E-state index is 0.219. The van der Waals surface area contributed by atoms with Gasteiger partial charge in [0.2, 0.25) is 0 Å². The Kier molecular flexibility index (Phi) is 5.64. The van der Waals surface area contributed by atoms with Gasteiger partial charge in [0, 0.05) is 33.6 Å². The maximum absolute atomic E-state index is 6.09. The molecule has 0 aliphatic heterocycles. The number of halogens is 2. The van der Waals surface area contributed by atoms with Crippen molar-refractivity contribution in [3.05, 3.63) is 50.4 Å². The normalized spacial score (nSPS) is 12.6. The monoisotopic (exact) mass is 314 g/mol. The molecule has 0 amide bonds. The topological polar surface area (TPSA) is 24.9 Å². The highest BCUT2D eigenvalue weighted by Crippen LogP contribution is 2.26. The second kappa shape index (κ2) is 7.25. The molecule has 1 heterocycles. The summed E-state index contributed by atoms with van der Waals surface area (Å²) in [5.41, 5.74) is 2.98. The lowest BCUT2D eigenvalue weighted by Crippen LogP contribution is -2.23. The average molecular weight is 315 g/mol. The Bertz CT molecular complexity index is 494. The summed E-state index contributed by atoms with van der Waals surface area (Å²) in [7, 11) is 0. The summed E-state index contributed by atoms with van der Waals surface area (Å²) in [4.78, 5) is 5.38. The fourth-order valence-corrected chi connectivity index (χ4v) is 3.13. The fraction of sp³-hybridized carbons (Fsp3) is 0.357. The summed E-state index contributed by atoms with van der Waals surface area (Å²) in [6, 6.07) is 5.93. The van der Waals surface area contributed by atoms with Gasteiger partial charge in [0.1, 0.15) is 0 Å². The van der Waals surface area contributed by atoms with E-state index in [1.54, 1.807) is 17.4 Å². The van der Waals surface area contributed by atoms with Crippen molar-refractivity contribution < 1.29 is 0 Å². The lowest BCUT2D eigenvalue weighted by atomic mass is 10.0. The number of benzene rings is 1. The molecule has 0 radical (unpaired) electrons. The molecule has 5 heteroatoms. The van der Waals surface area contributed by atoms with Gasteiger partial charge < -0.3 is 5.32 Å². The molecule has 1 atom stereocenters. The summed E-state index contributed by atoms with van der Waals surface area (Å²) in [6.45, 7) is 3.12. The highest BCUT2D eigenvalue weighted by Gasteiger charge is 2.14. The predicted octanol–water partition coefficient (Wildman–Crippen LogP) is 4.73. The third-order valence-corrected chi connectivity index (χ3v) is 4.06. The van der Waals surface area contributed by atoms with Crippen LogP contribution in [-0.4, -0.2) is 11.5 Å².